The average molecular weight is 414 g/mol. The number of rotatable bonds is 12. The van der Waals surface area contributed by atoms with Crippen LogP contribution in [-0.2, 0) is 19.6 Å². The third-order valence-corrected chi connectivity index (χ3v) is 6.16. The summed E-state index contributed by atoms with van der Waals surface area (Å²) in [6.07, 6.45) is 2.45. The molecule has 1 heterocycles. The summed E-state index contributed by atoms with van der Waals surface area (Å²) in [4.78, 5) is 13.7. The Hall–Kier alpha value is -1.68. The highest BCUT2D eigenvalue weighted by Crippen LogP contribution is 2.17. The number of nitrogens with two attached hydrogens (primary N) is 1. The summed E-state index contributed by atoms with van der Waals surface area (Å²) in [7, 11) is -3.56. The maximum absolute atomic E-state index is 12.4. The van der Waals surface area contributed by atoms with Gasteiger partial charge in [0.15, 0.2) is 0 Å². The molecule has 1 aliphatic rings. The van der Waals surface area contributed by atoms with E-state index in [-0.39, 0.29) is 16.7 Å². The number of nitrogens with one attached hydrogen (secondary N) is 1. The molecule has 1 aliphatic heterocycles. The zero-order chi connectivity index (χ0) is 20.4. The van der Waals surface area contributed by atoms with Gasteiger partial charge < -0.3 is 20.1 Å². The average Bonchev–Trinajstić information content (AvgIpc) is 2.69. The number of sulfonamides is 1. The molecule has 8 nitrogen and oxygen atoms in total. The largest absolute Gasteiger partial charge is 0.491 e. The monoisotopic (exact) mass is 413 g/mol. The van der Waals surface area contributed by atoms with Crippen molar-refractivity contribution in [1.82, 2.24) is 9.62 Å². The molecule has 1 aromatic carbocycles. The molecule has 1 atom stereocenters. The Balaban J connectivity index is 1.73. The zero-order valence-corrected chi connectivity index (χ0v) is 17.2. The third-order valence-electron chi connectivity index (χ3n) is 4.69. The molecular formula is C19H31N3O5S. The van der Waals surface area contributed by atoms with E-state index in [1.54, 1.807) is 12.1 Å². The van der Waals surface area contributed by atoms with Gasteiger partial charge in [0.25, 0.3) is 0 Å². The van der Waals surface area contributed by atoms with Gasteiger partial charge in [-0.25, -0.2) is 13.1 Å². The Morgan fingerprint density at radius 2 is 2.04 bits per heavy atom. The van der Waals surface area contributed by atoms with Crippen molar-refractivity contribution in [3.63, 3.8) is 0 Å². The van der Waals surface area contributed by atoms with Gasteiger partial charge in [-0.15, -0.1) is 0 Å². The molecule has 158 valence electrons. The molecule has 1 unspecified atom stereocenters. The van der Waals surface area contributed by atoms with Crippen LogP contribution in [0.25, 0.3) is 0 Å². The molecule has 3 N–H and O–H groups in total. The second-order valence-electron chi connectivity index (χ2n) is 6.81. The molecule has 1 saturated heterocycles. The molecule has 0 aliphatic carbocycles. The maximum Gasteiger partial charge on any atom is 0.240 e. The number of hydrogen-bond acceptors (Lipinski definition) is 6. The minimum absolute atomic E-state index is 0.0975. The molecule has 28 heavy (non-hydrogen) atoms. The van der Waals surface area contributed by atoms with Crippen LogP contribution in [0.1, 0.15) is 26.2 Å². The molecule has 0 aromatic heterocycles. The van der Waals surface area contributed by atoms with E-state index in [2.05, 4.69) is 9.62 Å². The fraction of sp³-hybridized carbons (Fsp3) is 0.632. The van der Waals surface area contributed by atoms with Crippen molar-refractivity contribution in [2.45, 2.75) is 31.1 Å². The predicted octanol–water partition coefficient (Wildman–Crippen LogP) is 0.968. The molecular weight excluding hydrogens is 382 g/mol. The van der Waals surface area contributed by atoms with E-state index in [1.807, 2.05) is 6.92 Å². The quantitative estimate of drug-likeness (QED) is 0.494. The summed E-state index contributed by atoms with van der Waals surface area (Å²) in [6, 6.07) is 6.33. The van der Waals surface area contributed by atoms with E-state index < -0.39 is 10.0 Å². The first-order valence-electron chi connectivity index (χ1n) is 9.74. The Kier molecular flexibility index (Phi) is 9.17. The second-order valence-corrected chi connectivity index (χ2v) is 8.58. The van der Waals surface area contributed by atoms with Gasteiger partial charge in [-0.2, -0.15) is 0 Å². The van der Waals surface area contributed by atoms with Gasteiger partial charge in [0.05, 0.1) is 17.4 Å². The van der Waals surface area contributed by atoms with Crippen molar-refractivity contribution in [1.29, 1.82) is 0 Å². The Morgan fingerprint density at radius 3 is 2.71 bits per heavy atom. The van der Waals surface area contributed by atoms with Crippen molar-refractivity contribution in [3.8, 4) is 5.75 Å². The zero-order valence-electron chi connectivity index (χ0n) is 16.4. The number of amides is 1. The van der Waals surface area contributed by atoms with Crippen LogP contribution in [-0.4, -0.2) is 65.2 Å². The summed E-state index contributed by atoms with van der Waals surface area (Å²) in [6.45, 7) is 6.12. The summed E-state index contributed by atoms with van der Waals surface area (Å²) in [5, 5.41) is 0. The van der Waals surface area contributed by atoms with Crippen LogP contribution in [0.4, 0.5) is 0 Å². The van der Waals surface area contributed by atoms with Gasteiger partial charge in [0, 0.05) is 19.7 Å². The fourth-order valence-corrected chi connectivity index (χ4v) is 4.24. The Morgan fingerprint density at radius 1 is 1.29 bits per heavy atom. The van der Waals surface area contributed by atoms with Crippen LogP contribution >= 0.6 is 0 Å². The molecule has 1 amide bonds. The van der Waals surface area contributed by atoms with E-state index in [9.17, 15) is 13.2 Å². The molecule has 0 bridgehead atoms. The van der Waals surface area contributed by atoms with Gasteiger partial charge in [0.2, 0.25) is 15.9 Å². The predicted molar refractivity (Wildman–Crippen MR) is 107 cm³/mol. The number of hydrogen-bond donors (Lipinski definition) is 2. The van der Waals surface area contributed by atoms with Crippen LogP contribution in [0.5, 0.6) is 5.75 Å². The number of piperidine rings is 1. The number of ether oxygens (including phenoxy) is 2. The highest BCUT2D eigenvalue weighted by atomic mass is 32.2. The number of carbonyl (C=O) groups excluding carboxylic acids is 1. The molecule has 0 saturated carbocycles. The van der Waals surface area contributed by atoms with E-state index in [0.717, 1.165) is 25.9 Å². The van der Waals surface area contributed by atoms with Crippen LogP contribution in [0.15, 0.2) is 29.2 Å². The van der Waals surface area contributed by atoms with Gasteiger partial charge in [-0.1, -0.05) is 0 Å². The molecule has 0 radical (unpaired) electrons. The highest BCUT2D eigenvalue weighted by molar-refractivity contribution is 7.89. The van der Waals surface area contributed by atoms with E-state index in [1.165, 1.54) is 12.1 Å². The fourth-order valence-electron chi connectivity index (χ4n) is 3.16. The molecule has 9 heteroatoms. The van der Waals surface area contributed by atoms with Crippen LogP contribution < -0.4 is 15.2 Å². The molecule has 1 fully saturated rings. The van der Waals surface area contributed by atoms with Gasteiger partial charge in [-0.05, 0) is 63.5 Å². The van der Waals surface area contributed by atoms with Crippen molar-refractivity contribution >= 4 is 15.9 Å². The van der Waals surface area contributed by atoms with E-state index in [4.69, 9.17) is 15.2 Å². The SMILES string of the molecule is CCOCCOc1ccc(S(=O)(=O)NCCCN2CCCC(C(N)=O)C2)cc1. The van der Waals surface area contributed by atoms with Gasteiger partial charge in [-0.3, -0.25) is 4.79 Å². The lowest BCUT2D eigenvalue weighted by atomic mass is 9.97. The van der Waals surface area contributed by atoms with Crippen LogP contribution in [0, 0.1) is 5.92 Å². The van der Waals surface area contributed by atoms with E-state index in [0.29, 0.717) is 45.1 Å². The van der Waals surface area contributed by atoms with Crippen molar-refractivity contribution in [3.05, 3.63) is 24.3 Å². The van der Waals surface area contributed by atoms with Gasteiger partial charge in [0.1, 0.15) is 12.4 Å². The lowest BCUT2D eigenvalue weighted by Crippen LogP contribution is -2.42. The lowest BCUT2D eigenvalue weighted by molar-refractivity contribution is -0.123. The number of nitrogens with zero attached hydrogens (tertiary/aromatic N) is 1. The standard InChI is InChI=1S/C19H31N3O5S/c1-2-26-13-14-27-17-6-8-18(9-7-17)28(24,25)21-10-4-12-22-11-3-5-16(15-22)19(20)23/h6-9,16,21H,2-5,10-15H2,1H3,(H2,20,23). The first kappa shape index (κ1) is 22.6. The minimum Gasteiger partial charge on any atom is -0.491 e. The lowest BCUT2D eigenvalue weighted by Gasteiger charge is -2.31. The summed E-state index contributed by atoms with van der Waals surface area (Å²) in [5.74, 6) is 0.253. The smallest absolute Gasteiger partial charge is 0.240 e. The van der Waals surface area contributed by atoms with E-state index >= 15 is 0 Å². The topological polar surface area (TPSA) is 111 Å². The van der Waals surface area contributed by atoms with Crippen LogP contribution in [0.3, 0.4) is 0 Å². The Bertz CT molecular complexity index is 709. The summed E-state index contributed by atoms with van der Waals surface area (Å²) < 4.78 is 38.1. The van der Waals surface area contributed by atoms with Crippen molar-refractivity contribution in [2.24, 2.45) is 11.7 Å². The summed E-state index contributed by atoms with van der Waals surface area (Å²) >= 11 is 0. The van der Waals surface area contributed by atoms with Gasteiger partial charge >= 0.3 is 0 Å². The van der Waals surface area contributed by atoms with Crippen molar-refractivity contribution < 1.29 is 22.7 Å². The molecule has 1 aromatic rings. The molecule has 2 rings (SSSR count). The van der Waals surface area contributed by atoms with Crippen molar-refractivity contribution in [2.75, 3.05) is 46.0 Å². The highest BCUT2D eigenvalue weighted by Gasteiger charge is 2.23. The number of likely N-dealkylation sites (tertiary alicyclic amines) is 1. The second kappa shape index (κ2) is 11.4. The first-order chi connectivity index (χ1) is 13.4. The summed E-state index contributed by atoms with van der Waals surface area (Å²) in [5.41, 5.74) is 5.38. The Labute approximate surface area is 167 Å². The number of carbonyl (C=O) groups is 1. The normalized spacial score (nSPS) is 18.1. The first-order valence-corrected chi connectivity index (χ1v) is 11.2. The van der Waals surface area contributed by atoms with Crippen LogP contribution in [0.2, 0.25) is 0 Å². The number of primary amides is 1. The molecule has 0 spiro atoms. The number of benzene rings is 1. The maximum atomic E-state index is 12.4. The third kappa shape index (κ3) is 7.38. The minimum atomic E-state index is -3.56.